The number of pyridine rings is 1. The number of rotatable bonds is 3. The Labute approximate surface area is 144 Å². The predicted octanol–water partition coefficient (Wildman–Crippen LogP) is 3.26. The highest BCUT2D eigenvalue weighted by molar-refractivity contribution is 8.00. The topological polar surface area (TPSA) is 51.0 Å². The Morgan fingerprint density at radius 2 is 2.12 bits per heavy atom. The van der Waals surface area contributed by atoms with Crippen LogP contribution in [-0.2, 0) is 11.8 Å². The highest BCUT2D eigenvalue weighted by Gasteiger charge is 2.31. The molecule has 122 valence electrons. The molecule has 24 heavy (non-hydrogen) atoms. The van der Waals surface area contributed by atoms with Crippen molar-refractivity contribution in [1.82, 2.24) is 14.8 Å². The second-order valence-corrected chi connectivity index (χ2v) is 7.18. The summed E-state index contributed by atoms with van der Waals surface area (Å²) in [6.45, 7) is 0.763. The SMILES string of the molecule is Cn1cc(N2CCC[C@H](Sc3ccnc4ccccc34)C2=O)cn1. The standard InChI is InChI=1S/C18H18N4OS/c1-21-12-13(11-20-21)22-10-4-7-17(18(22)23)24-16-8-9-19-15-6-3-2-5-14(15)16/h2-3,5-6,8-9,11-12,17H,4,7,10H2,1H3/t17-/m0/s1. The molecule has 1 aliphatic rings. The number of piperidine rings is 1. The summed E-state index contributed by atoms with van der Waals surface area (Å²) in [5.41, 5.74) is 1.85. The van der Waals surface area contributed by atoms with Gasteiger partial charge in [-0.3, -0.25) is 14.5 Å². The molecule has 1 fully saturated rings. The van der Waals surface area contributed by atoms with E-state index in [-0.39, 0.29) is 11.2 Å². The number of nitrogens with zero attached hydrogens (tertiary/aromatic N) is 4. The van der Waals surface area contributed by atoms with Gasteiger partial charge in [0.05, 0.1) is 22.7 Å². The van der Waals surface area contributed by atoms with Crippen LogP contribution in [0, 0.1) is 0 Å². The molecule has 0 aliphatic carbocycles. The maximum Gasteiger partial charge on any atom is 0.240 e. The van der Waals surface area contributed by atoms with Crippen molar-refractivity contribution in [3.63, 3.8) is 0 Å². The number of carbonyl (C=O) groups is 1. The molecule has 1 aliphatic heterocycles. The summed E-state index contributed by atoms with van der Waals surface area (Å²) >= 11 is 1.65. The van der Waals surface area contributed by atoms with Gasteiger partial charge in [0, 0.05) is 36.3 Å². The second-order valence-electron chi connectivity index (χ2n) is 5.94. The third-order valence-corrected chi connectivity index (χ3v) is 5.60. The largest absolute Gasteiger partial charge is 0.309 e. The lowest BCUT2D eigenvalue weighted by Gasteiger charge is -2.31. The van der Waals surface area contributed by atoms with Crippen LogP contribution in [0.15, 0.2) is 53.8 Å². The van der Waals surface area contributed by atoms with Gasteiger partial charge < -0.3 is 4.90 Å². The van der Waals surface area contributed by atoms with Crippen LogP contribution >= 0.6 is 11.8 Å². The molecule has 6 heteroatoms. The molecule has 0 saturated carbocycles. The van der Waals surface area contributed by atoms with Crippen molar-refractivity contribution in [3.05, 3.63) is 48.9 Å². The fourth-order valence-electron chi connectivity index (χ4n) is 3.08. The number of carbonyl (C=O) groups excluding carboxylic acids is 1. The van der Waals surface area contributed by atoms with Gasteiger partial charge in [-0.2, -0.15) is 5.10 Å². The average Bonchev–Trinajstić information content (AvgIpc) is 3.03. The summed E-state index contributed by atoms with van der Waals surface area (Å²) in [7, 11) is 1.87. The Hall–Kier alpha value is -2.34. The monoisotopic (exact) mass is 338 g/mol. The van der Waals surface area contributed by atoms with Crippen LogP contribution in [0.1, 0.15) is 12.8 Å². The Balaban J connectivity index is 1.60. The van der Waals surface area contributed by atoms with Crippen LogP contribution in [0.5, 0.6) is 0 Å². The number of para-hydroxylation sites is 1. The quantitative estimate of drug-likeness (QED) is 0.735. The van der Waals surface area contributed by atoms with Crippen molar-refractivity contribution < 1.29 is 4.79 Å². The third kappa shape index (κ3) is 2.78. The smallest absolute Gasteiger partial charge is 0.240 e. The molecule has 1 saturated heterocycles. The first-order valence-electron chi connectivity index (χ1n) is 8.03. The Bertz CT molecular complexity index is 886. The van der Waals surface area contributed by atoms with Crippen molar-refractivity contribution >= 4 is 34.3 Å². The molecule has 4 rings (SSSR count). The molecule has 0 bridgehead atoms. The van der Waals surface area contributed by atoms with Crippen molar-refractivity contribution in [1.29, 1.82) is 0 Å². The van der Waals surface area contributed by atoms with E-state index in [0.29, 0.717) is 0 Å². The summed E-state index contributed by atoms with van der Waals surface area (Å²) in [4.78, 5) is 20.3. The molecule has 3 heterocycles. The molecule has 2 aromatic heterocycles. The van der Waals surface area contributed by atoms with Gasteiger partial charge >= 0.3 is 0 Å². The molecular weight excluding hydrogens is 320 g/mol. The first-order valence-corrected chi connectivity index (χ1v) is 8.91. The molecular formula is C18H18N4OS. The average molecular weight is 338 g/mol. The van der Waals surface area contributed by atoms with Gasteiger partial charge in [-0.1, -0.05) is 18.2 Å². The fourth-order valence-corrected chi connectivity index (χ4v) is 4.34. The van der Waals surface area contributed by atoms with Crippen LogP contribution in [-0.4, -0.2) is 32.5 Å². The summed E-state index contributed by atoms with van der Waals surface area (Å²) in [5.74, 6) is 0.167. The Kier molecular flexibility index (Phi) is 3.98. The van der Waals surface area contributed by atoms with Gasteiger partial charge in [0.1, 0.15) is 0 Å². The van der Waals surface area contributed by atoms with Gasteiger partial charge in [-0.25, -0.2) is 0 Å². The van der Waals surface area contributed by atoms with Crippen LogP contribution in [0.25, 0.3) is 10.9 Å². The molecule has 0 radical (unpaired) electrons. The van der Waals surface area contributed by atoms with Crippen LogP contribution in [0.2, 0.25) is 0 Å². The second kappa shape index (κ2) is 6.28. The number of hydrogen-bond donors (Lipinski definition) is 0. The minimum atomic E-state index is -0.0650. The molecule has 1 atom stereocenters. The number of benzene rings is 1. The van der Waals surface area contributed by atoms with Gasteiger partial charge in [0.15, 0.2) is 0 Å². The Morgan fingerprint density at radius 1 is 1.25 bits per heavy atom. The van der Waals surface area contributed by atoms with E-state index in [1.807, 2.05) is 48.6 Å². The first-order chi connectivity index (χ1) is 11.7. The number of amides is 1. The van der Waals surface area contributed by atoms with E-state index >= 15 is 0 Å². The number of aryl methyl sites for hydroxylation is 1. The van der Waals surface area contributed by atoms with Crippen molar-refractivity contribution in [2.75, 3.05) is 11.4 Å². The van der Waals surface area contributed by atoms with Gasteiger partial charge in [-0.05, 0) is 25.0 Å². The van der Waals surface area contributed by atoms with E-state index in [1.165, 1.54) is 0 Å². The number of fused-ring (bicyclic) bond motifs is 1. The fraction of sp³-hybridized carbons (Fsp3) is 0.278. The van der Waals surface area contributed by atoms with Crippen molar-refractivity contribution in [2.45, 2.75) is 23.0 Å². The van der Waals surface area contributed by atoms with E-state index < -0.39 is 0 Å². The molecule has 0 spiro atoms. The lowest BCUT2D eigenvalue weighted by atomic mass is 10.1. The number of hydrogen-bond acceptors (Lipinski definition) is 4. The molecule has 0 unspecified atom stereocenters. The molecule has 5 nitrogen and oxygen atoms in total. The number of anilines is 1. The van der Waals surface area contributed by atoms with Crippen molar-refractivity contribution in [3.8, 4) is 0 Å². The summed E-state index contributed by atoms with van der Waals surface area (Å²) in [6, 6.07) is 10.1. The van der Waals surface area contributed by atoms with E-state index in [9.17, 15) is 4.79 Å². The van der Waals surface area contributed by atoms with Crippen LogP contribution in [0.4, 0.5) is 5.69 Å². The van der Waals surface area contributed by atoms with Crippen LogP contribution < -0.4 is 4.90 Å². The van der Waals surface area contributed by atoms with E-state index in [4.69, 9.17) is 0 Å². The first kappa shape index (κ1) is 15.2. The van der Waals surface area contributed by atoms with E-state index in [1.54, 1.807) is 22.6 Å². The molecule has 3 aromatic rings. The summed E-state index contributed by atoms with van der Waals surface area (Å²) < 4.78 is 1.73. The lowest BCUT2D eigenvalue weighted by molar-refractivity contribution is -0.119. The van der Waals surface area contributed by atoms with Gasteiger partial charge in [-0.15, -0.1) is 11.8 Å². The summed E-state index contributed by atoms with van der Waals surface area (Å²) in [5, 5.41) is 5.23. The maximum absolute atomic E-state index is 12.9. The molecule has 0 N–H and O–H groups in total. The van der Waals surface area contributed by atoms with Gasteiger partial charge in [0.25, 0.3) is 0 Å². The minimum Gasteiger partial charge on any atom is -0.309 e. The lowest BCUT2D eigenvalue weighted by Crippen LogP contribution is -2.42. The highest BCUT2D eigenvalue weighted by atomic mass is 32.2. The van der Waals surface area contributed by atoms with E-state index in [2.05, 4.69) is 16.1 Å². The third-order valence-electron chi connectivity index (χ3n) is 4.27. The number of aromatic nitrogens is 3. The van der Waals surface area contributed by atoms with Crippen molar-refractivity contribution in [2.24, 2.45) is 7.05 Å². The normalized spacial score (nSPS) is 18.3. The minimum absolute atomic E-state index is 0.0650. The zero-order chi connectivity index (χ0) is 16.5. The zero-order valence-corrected chi connectivity index (χ0v) is 14.2. The van der Waals surface area contributed by atoms with E-state index in [0.717, 1.165) is 40.9 Å². The Morgan fingerprint density at radius 3 is 2.96 bits per heavy atom. The highest BCUT2D eigenvalue weighted by Crippen LogP contribution is 2.35. The maximum atomic E-state index is 12.9. The predicted molar refractivity (Wildman–Crippen MR) is 96.2 cm³/mol. The number of thioether (sulfide) groups is 1. The zero-order valence-electron chi connectivity index (χ0n) is 13.4. The van der Waals surface area contributed by atoms with Gasteiger partial charge in [0.2, 0.25) is 5.91 Å². The van der Waals surface area contributed by atoms with Crippen LogP contribution in [0.3, 0.4) is 0 Å². The molecule has 1 amide bonds. The summed E-state index contributed by atoms with van der Waals surface area (Å²) in [6.07, 6.45) is 7.37. The molecule has 1 aromatic carbocycles.